The number of primary amides is 1. The summed E-state index contributed by atoms with van der Waals surface area (Å²) >= 11 is 6.95. The van der Waals surface area contributed by atoms with Gasteiger partial charge in [0.1, 0.15) is 93.8 Å². The standard InChI is InChI=1S/C58H55N13O11S6/c1-27-41(73)21-71-46(27)57-68-40(26-87-57)54-64-36(22-84-54)44-32(13-14-33(61-44)53-66-37(23-85-53)48(76)60-15-16-82-18-17-81-3)52-65-38(24-83-52)49(77)62-34(20-42(59)74)55-70-43(28(2)88-55)51(79)69-45(47(75)30-7-5-4-6-8-30)56-67-39(25-86-56)50(78)63-35(58(71)80)19-29-9-11-31(72)12-10-29/h4-14,22-27,34-35,41,45-47,72-73,75H,15-21H2,1-3H3,(H2,59,74)(H,60,76)(H,62,77)(H,63,78)(H,69,79)/t27-,34-,35-,41-,45-,46-,47+/m0/s1. The first-order valence-corrected chi connectivity index (χ1v) is 32.5. The monoisotopic (exact) mass is 1300 g/mol. The number of aliphatic hydroxyl groups excluding tert-OH is 2. The van der Waals surface area contributed by atoms with Crippen LogP contribution in [0.1, 0.15) is 111 Å². The average molecular weight is 1300 g/mol. The SMILES string of the molecule is COCCOCCNC(=O)c1csc(-c2ccc3c(n2)-c2csc(n2)-c2csc(n2)[C@@H]2[C@@H](C)[C@@H](O)CN2C(=O)[C@H](Cc2ccc(O)cc2)NC(=O)c2csc(n2)[C@H]([C@H](O)c2ccccc2)NC(=O)c2nc(sc2C)[C@H](CC(N)=O)NC(=O)c2csc-3n2)n1. The van der Waals surface area contributed by atoms with E-state index >= 15 is 4.79 Å². The highest BCUT2D eigenvalue weighted by Gasteiger charge is 2.45. The van der Waals surface area contributed by atoms with E-state index in [0.717, 1.165) is 34.0 Å². The smallest absolute Gasteiger partial charge is 0.271 e. The van der Waals surface area contributed by atoms with Crippen LogP contribution < -0.4 is 27.0 Å². The number of hydrogen-bond donors (Lipinski definition) is 8. The number of nitrogens with zero attached hydrogens (tertiary/aromatic N) is 8. The fraction of sp³-hybridized carbons (Fsp3) is 0.293. The minimum Gasteiger partial charge on any atom is -0.508 e. The first-order chi connectivity index (χ1) is 42.5. The molecule has 2 aliphatic rings. The summed E-state index contributed by atoms with van der Waals surface area (Å²) in [6.45, 7) is 4.70. The van der Waals surface area contributed by atoms with Gasteiger partial charge in [0.15, 0.2) is 0 Å². The molecule has 1 saturated heterocycles. The van der Waals surface area contributed by atoms with Crippen LogP contribution in [0.5, 0.6) is 5.75 Å². The van der Waals surface area contributed by atoms with E-state index in [1.54, 1.807) is 90.2 Å². The van der Waals surface area contributed by atoms with Gasteiger partial charge in [0, 0.05) is 69.9 Å². The quantitative estimate of drug-likeness (QED) is 0.0526. The van der Waals surface area contributed by atoms with Gasteiger partial charge < -0.3 is 56.7 Å². The molecule has 24 nitrogen and oxygen atoms in total. The average Bonchev–Trinajstić information content (AvgIpc) is 1.87. The van der Waals surface area contributed by atoms with Gasteiger partial charge in [-0.05, 0) is 42.3 Å². The highest BCUT2D eigenvalue weighted by molar-refractivity contribution is 7.15. The minimum absolute atomic E-state index is 0.00289. The van der Waals surface area contributed by atoms with Crippen molar-refractivity contribution in [3.63, 3.8) is 0 Å². The second kappa shape index (κ2) is 27.1. The molecular weight excluding hydrogens is 1250 g/mol. The van der Waals surface area contributed by atoms with Gasteiger partial charge >= 0.3 is 0 Å². The lowest BCUT2D eigenvalue weighted by atomic mass is 10.00. The van der Waals surface area contributed by atoms with Gasteiger partial charge in [-0.2, -0.15) is 0 Å². The number of aromatic hydroxyl groups is 1. The minimum atomic E-state index is -1.41. The number of aliphatic hydroxyl groups is 2. The number of rotatable bonds is 14. The summed E-state index contributed by atoms with van der Waals surface area (Å²) in [6, 6.07) is 13.8. The third-order valence-electron chi connectivity index (χ3n) is 14.4. The van der Waals surface area contributed by atoms with Gasteiger partial charge in [0.25, 0.3) is 23.6 Å². The molecule has 11 rings (SSSR count). The molecule has 0 aliphatic carbocycles. The van der Waals surface area contributed by atoms with Gasteiger partial charge in [0.2, 0.25) is 11.8 Å². The summed E-state index contributed by atoms with van der Waals surface area (Å²) < 4.78 is 10.5. The van der Waals surface area contributed by atoms with Crippen molar-refractivity contribution in [2.75, 3.05) is 40.0 Å². The first kappa shape index (κ1) is 61.5. The Hall–Kier alpha value is -8.17. The maximum atomic E-state index is 15.2. The molecule has 454 valence electrons. The Morgan fingerprint density at radius 1 is 0.705 bits per heavy atom. The van der Waals surface area contributed by atoms with Crippen LogP contribution in [0.15, 0.2) is 93.6 Å². The lowest BCUT2D eigenvalue weighted by Crippen LogP contribution is -2.50. The molecule has 30 heteroatoms. The highest BCUT2D eigenvalue weighted by Crippen LogP contribution is 2.43. The number of thiazole rings is 6. The van der Waals surface area contributed by atoms with Crippen LogP contribution in [-0.2, 0) is 25.5 Å². The lowest BCUT2D eigenvalue weighted by molar-refractivity contribution is -0.134. The molecule has 7 atom stereocenters. The Balaban J connectivity index is 0.989. The molecule has 7 aromatic heterocycles. The normalized spacial score (nSPS) is 19.3. The number of nitrogens with two attached hydrogens (primary N) is 1. The Morgan fingerprint density at radius 3 is 2.15 bits per heavy atom. The second-order valence-electron chi connectivity index (χ2n) is 20.4. The molecule has 9 aromatic rings. The maximum absolute atomic E-state index is 15.2. The Labute approximate surface area is 526 Å². The van der Waals surface area contributed by atoms with Crippen molar-refractivity contribution in [1.29, 1.82) is 0 Å². The van der Waals surface area contributed by atoms with Gasteiger partial charge in [-0.15, -0.1) is 68.0 Å². The van der Waals surface area contributed by atoms with E-state index in [0.29, 0.717) is 77.6 Å². The number of phenolic OH excluding ortho intramolecular Hbond substituents is 1. The molecule has 0 spiro atoms. The van der Waals surface area contributed by atoms with Crippen molar-refractivity contribution < 1.29 is 53.6 Å². The fourth-order valence-electron chi connectivity index (χ4n) is 9.87. The van der Waals surface area contributed by atoms with Crippen LogP contribution in [0.3, 0.4) is 0 Å². The van der Waals surface area contributed by atoms with Crippen molar-refractivity contribution in [1.82, 2.24) is 61.1 Å². The van der Waals surface area contributed by atoms with E-state index in [4.69, 9.17) is 35.1 Å². The number of amides is 6. The molecule has 88 heavy (non-hydrogen) atoms. The summed E-state index contributed by atoms with van der Waals surface area (Å²) in [5.41, 5.74) is 8.83. The predicted octanol–water partition coefficient (Wildman–Crippen LogP) is 6.68. The zero-order valence-corrected chi connectivity index (χ0v) is 51.8. The van der Waals surface area contributed by atoms with Crippen LogP contribution in [0, 0.1) is 12.8 Å². The molecule has 9 heterocycles. The number of benzene rings is 2. The summed E-state index contributed by atoms with van der Waals surface area (Å²) in [5.74, 6) is -4.40. The van der Waals surface area contributed by atoms with Crippen molar-refractivity contribution in [2.45, 2.75) is 63.1 Å². The molecule has 1 fully saturated rings. The molecule has 0 radical (unpaired) electrons. The predicted molar refractivity (Wildman–Crippen MR) is 331 cm³/mol. The molecular formula is C58H55N13O11S6. The van der Waals surface area contributed by atoms with E-state index in [-0.39, 0.29) is 64.7 Å². The van der Waals surface area contributed by atoms with E-state index in [2.05, 4.69) is 36.2 Å². The van der Waals surface area contributed by atoms with Crippen LogP contribution >= 0.6 is 68.0 Å². The molecule has 0 unspecified atom stereocenters. The number of carbonyl (C=O) groups is 6. The summed E-state index contributed by atoms with van der Waals surface area (Å²) in [6.07, 6.45) is -2.82. The largest absolute Gasteiger partial charge is 0.508 e. The number of ether oxygens (including phenoxy) is 2. The van der Waals surface area contributed by atoms with Crippen LogP contribution in [-0.4, -0.2) is 143 Å². The van der Waals surface area contributed by atoms with E-state index < -0.39 is 84.2 Å². The third-order valence-corrected chi connectivity index (χ3v) is 19.9. The molecule has 9 N–H and O–H groups in total. The van der Waals surface area contributed by atoms with Crippen molar-refractivity contribution in [3.8, 4) is 49.1 Å². The van der Waals surface area contributed by atoms with Crippen LogP contribution in [0.2, 0.25) is 0 Å². The topological polar surface area (TPSA) is 349 Å². The Morgan fingerprint density at radius 2 is 1.38 bits per heavy atom. The Bertz CT molecular complexity index is 4030. The molecule has 2 aromatic carbocycles. The van der Waals surface area contributed by atoms with E-state index in [9.17, 15) is 39.3 Å². The first-order valence-electron chi connectivity index (χ1n) is 27.3. The number of pyridine rings is 1. The van der Waals surface area contributed by atoms with Crippen LogP contribution in [0.4, 0.5) is 0 Å². The number of methoxy groups -OCH3 is 1. The fourth-order valence-corrected chi connectivity index (χ4v) is 15.2. The highest BCUT2D eigenvalue weighted by atomic mass is 32.1. The van der Waals surface area contributed by atoms with Crippen molar-refractivity contribution >= 4 is 103 Å². The number of nitrogens with one attached hydrogen (secondary N) is 4. The molecule has 2 aliphatic heterocycles. The van der Waals surface area contributed by atoms with Crippen LogP contribution in [0.25, 0.3) is 43.4 Å². The van der Waals surface area contributed by atoms with E-state index in [1.165, 1.54) is 56.4 Å². The van der Waals surface area contributed by atoms with Gasteiger partial charge in [-0.3, -0.25) is 28.8 Å². The lowest BCUT2D eigenvalue weighted by Gasteiger charge is -2.29. The second-order valence-corrected chi connectivity index (χ2v) is 26.0. The number of aryl methyl sites for hydroxylation is 1. The van der Waals surface area contributed by atoms with Gasteiger partial charge in [-0.25, -0.2) is 34.9 Å². The van der Waals surface area contributed by atoms with Gasteiger partial charge in [0.05, 0.1) is 50.1 Å². The number of hydrogen-bond acceptors (Lipinski definition) is 24. The number of phenols is 1. The van der Waals surface area contributed by atoms with Crippen molar-refractivity contribution in [3.05, 3.63) is 147 Å². The zero-order chi connectivity index (χ0) is 61.8. The molecule has 6 amide bonds. The summed E-state index contributed by atoms with van der Waals surface area (Å²) in [7, 11) is 1.57. The molecule has 10 bridgehead atoms. The van der Waals surface area contributed by atoms with E-state index in [1.807, 2.05) is 6.92 Å². The number of carbonyl (C=O) groups excluding carboxylic acids is 6. The molecule has 0 saturated carbocycles. The summed E-state index contributed by atoms with van der Waals surface area (Å²) in [5, 5.41) is 55.4. The Kier molecular flexibility index (Phi) is 18.9. The number of fused-ring (bicyclic) bond motifs is 16. The van der Waals surface area contributed by atoms with Gasteiger partial charge in [-0.1, -0.05) is 49.4 Å². The number of aromatic nitrogens is 7. The van der Waals surface area contributed by atoms with Crippen molar-refractivity contribution in [2.24, 2.45) is 11.7 Å². The summed E-state index contributed by atoms with van der Waals surface area (Å²) in [4.78, 5) is 120. The third kappa shape index (κ3) is 13.6. The maximum Gasteiger partial charge on any atom is 0.271 e. The zero-order valence-electron chi connectivity index (χ0n) is 46.9.